The van der Waals surface area contributed by atoms with E-state index in [2.05, 4.69) is 14.2 Å². The second-order valence-electron chi connectivity index (χ2n) is 8.57. The first-order valence-corrected chi connectivity index (χ1v) is 13.2. The van der Waals surface area contributed by atoms with Crippen LogP contribution in [-0.4, -0.2) is 80.3 Å². The van der Waals surface area contributed by atoms with Gasteiger partial charge in [0.1, 0.15) is 11.6 Å². The number of piperazine rings is 1. The van der Waals surface area contributed by atoms with Crippen molar-refractivity contribution in [3.8, 4) is 5.75 Å². The standard InChI is InChI=1S/C26H32ClN5O3S/c1-34-17-16-32(26-28-24(29-36-26)19-20-6-5-7-21(18-20)35-2)11-10-25(33)31-14-12-30(13-15-31)23-9-4-3-8-22(23)27/h3-9,18H,10-17,19H2,1-2H3. The van der Waals surface area contributed by atoms with E-state index in [-0.39, 0.29) is 5.91 Å². The minimum atomic E-state index is 0.150. The summed E-state index contributed by atoms with van der Waals surface area (Å²) < 4.78 is 15.2. The van der Waals surface area contributed by atoms with Crippen LogP contribution in [0.1, 0.15) is 17.8 Å². The summed E-state index contributed by atoms with van der Waals surface area (Å²) in [5.41, 5.74) is 2.12. The normalized spacial score (nSPS) is 13.6. The highest BCUT2D eigenvalue weighted by atomic mass is 35.5. The van der Waals surface area contributed by atoms with Crippen molar-refractivity contribution in [2.24, 2.45) is 0 Å². The Bertz CT molecular complexity index is 1140. The third-order valence-corrected chi connectivity index (χ3v) is 7.35. The molecule has 2 aromatic carbocycles. The maximum absolute atomic E-state index is 13.0. The molecule has 0 radical (unpaired) electrons. The third kappa shape index (κ3) is 6.87. The largest absolute Gasteiger partial charge is 0.497 e. The number of halogens is 1. The highest BCUT2D eigenvalue weighted by Crippen LogP contribution is 2.26. The minimum Gasteiger partial charge on any atom is -0.497 e. The molecule has 0 unspecified atom stereocenters. The van der Waals surface area contributed by atoms with Crippen molar-refractivity contribution in [2.75, 3.05) is 69.9 Å². The zero-order valence-electron chi connectivity index (χ0n) is 20.7. The number of ether oxygens (including phenoxy) is 2. The van der Waals surface area contributed by atoms with Crippen molar-refractivity contribution in [1.82, 2.24) is 14.3 Å². The van der Waals surface area contributed by atoms with Gasteiger partial charge in [-0.2, -0.15) is 4.37 Å². The van der Waals surface area contributed by atoms with E-state index in [0.29, 0.717) is 45.6 Å². The van der Waals surface area contributed by atoms with Crippen LogP contribution in [0.15, 0.2) is 48.5 Å². The molecule has 1 amide bonds. The number of hydrogen-bond acceptors (Lipinski definition) is 8. The summed E-state index contributed by atoms with van der Waals surface area (Å²) in [6.07, 6.45) is 1.04. The Morgan fingerprint density at radius 2 is 1.89 bits per heavy atom. The Kier molecular flexibility index (Phi) is 9.38. The molecule has 0 atom stereocenters. The molecule has 2 heterocycles. The number of nitrogens with zero attached hydrogens (tertiary/aromatic N) is 5. The van der Waals surface area contributed by atoms with E-state index < -0.39 is 0 Å². The topological polar surface area (TPSA) is 71.0 Å². The average molecular weight is 530 g/mol. The number of rotatable bonds is 11. The third-order valence-electron chi connectivity index (χ3n) is 6.21. The summed E-state index contributed by atoms with van der Waals surface area (Å²) in [4.78, 5) is 24.0. The van der Waals surface area contributed by atoms with Gasteiger partial charge < -0.3 is 24.2 Å². The fraction of sp³-hybridized carbons (Fsp3) is 0.423. The Morgan fingerprint density at radius 3 is 2.64 bits per heavy atom. The number of anilines is 2. The summed E-state index contributed by atoms with van der Waals surface area (Å²) in [6, 6.07) is 15.8. The summed E-state index contributed by atoms with van der Waals surface area (Å²) >= 11 is 7.71. The second kappa shape index (κ2) is 12.9. The molecule has 8 nitrogen and oxygen atoms in total. The highest BCUT2D eigenvalue weighted by molar-refractivity contribution is 7.09. The number of amides is 1. The molecule has 1 saturated heterocycles. The number of hydrogen-bond donors (Lipinski definition) is 0. The Hall–Kier alpha value is -2.88. The van der Waals surface area contributed by atoms with Crippen LogP contribution < -0.4 is 14.5 Å². The quantitative estimate of drug-likeness (QED) is 0.372. The van der Waals surface area contributed by atoms with E-state index in [1.54, 1.807) is 14.2 Å². The lowest BCUT2D eigenvalue weighted by Crippen LogP contribution is -2.49. The number of methoxy groups -OCH3 is 2. The van der Waals surface area contributed by atoms with Crippen LogP contribution in [0.2, 0.25) is 5.02 Å². The number of carbonyl (C=O) groups is 1. The summed E-state index contributed by atoms with van der Waals surface area (Å²) in [5.74, 6) is 1.72. The van der Waals surface area contributed by atoms with E-state index in [1.807, 2.05) is 53.4 Å². The molecular formula is C26H32ClN5O3S. The van der Waals surface area contributed by atoms with Gasteiger partial charge in [-0.25, -0.2) is 4.98 Å². The maximum atomic E-state index is 13.0. The SMILES string of the molecule is COCCN(CCC(=O)N1CCN(c2ccccc2Cl)CC1)c1nc(Cc2cccc(OC)c2)ns1. The van der Waals surface area contributed by atoms with Gasteiger partial charge in [0.15, 0.2) is 0 Å². The minimum absolute atomic E-state index is 0.150. The molecular weight excluding hydrogens is 498 g/mol. The molecule has 36 heavy (non-hydrogen) atoms. The zero-order chi connectivity index (χ0) is 25.3. The van der Waals surface area contributed by atoms with Gasteiger partial charge in [0.25, 0.3) is 0 Å². The molecule has 1 aromatic heterocycles. The molecule has 0 N–H and O–H groups in total. The molecule has 3 aromatic rings. The second-order valence-corrected chi connectivity index (χ2v) is 9.71. The zero-order valence-corrected chi connectivity index (χ0v) is 22.3. The Labute approximate surface area is 221 Å². The number of aromatic nitrogens is 2. The number of para-hydroxylation sites is 1. The van der Waals surface area contributed by atoms with Gasteiger partial charge in [-0.1, -0.05) is 35.9 Å². The predicted octanol–water partition coefficient (Wildman–Crippen LogP) is 3.98. The Balaban J connectivity index is 1.32. The van der Waals surface area contributed by atoms with Crippen LogP contribution in [0, 0.1) is 0 Å². The van der Waals surface area contributed by atoms with Crippen molar-refractivity contribution >= 4 is 39.9 Å². The van der Waals surface area contributed by atoms with Gasteiger partial charge in [-0.15, -0.1) is 0 Å². The van der Waals surface area contributed by atoms with Crippen LogP contribution in [0.25, 0.3) is 0 Å². The molecule has 1 aliphatic heterocycles. The molecule has 0 bridgehead atoms. The number of benzene rings is 2. The van der Waals surface area contributed by atoms with E-state index >= 15 is 0 Å². The predicted molar refractivity (Wildman–Crippen MR) is 145 cm³/mol. The van der Waals surface area contributed by atoms with Crippen molar-refractivity contribution in [3.63, 3.8) is 0 Å². The van der Waals surface area contributed by atoms with Crippen molar-refractivity contribution in [1.29, 1.82) is 0 Å². The molecule has 0 aliphatic carbocycles. The lowest BCUT2D eigenvalue weighted by Gasteiger charge is -2.36. The van der Waals surface area contributed by atoms with E-state index in [0.717, 1.165) is 46.1 Å². The van der Waals surface area contributed by atoms with Crippen molar-refractivity contribution in [2.45, 2.75) is 12.8 Å². The molecule has 1 fully saturated rings. The lowest BCUT2D eigenvalue weighted by atomic mass is 10.1. The molecule has 192 valence electrons. The van der Waals surface area contributed by atoms with Gasteiger partial charge in [-0.3, -0.25) is 4.79 Å². The molecule has 1 aliphatic rings. The monoisotopic (exact) mass is 529 g/mol. The smallest absolute Gasteiger partial charge is 0.224 e. The fourth-order valence-electron chi connectivity index (χ4n) is 4.21. The first-order valence-electron chi connectivity index (χ1n) is 12.0. The average Bonchev–Trinajstić information content (AvgIpc) is 3.37. The summed E-state index contributed by atoms with van der Waals surface area (Å²) in [7, 11) is 3.34. The highest BCUT2D eigenvalue weighted by Gasteiger charge is 2.23. The van der Waals surface area contributed by atoms with Crippen LogP contribution in [0.3, 0.4) is 0 Å². The van der Waals surface area contributed by atoms with E-state index in [4.69, 9.17) is 26.1 Å². The molecule has 4 rings (SSSR count). The number of carbonyl (C=O) groups excluding carboxylic acids is 1. The Morgan fingerprint density at radius 1 is 1.08 bits per heavy atom. The molecule has 10 heteroatoms. The summed E-state index contributed by atoms with van der Waals surface area (Å²) in [6.45, 7) is 4.69. The van der Waals surface area contributed by atoms with Crippen LogP contribution in [0.4, 0.5) is 10.8 Å². The van der Waals surface area contributed by atoms with E-state index in [9.17, 15) is 4.79 Å². The maximum Gasteiger partial charge on any atom is 0.224 e. The van der Waals surface area contributed by atoms with Crippen molar-refractivity contribution in [3.05, 3.63) is 64.9 Å². The van der Waals surface area contributed by atoms with Crippen LogP contribution in [-0.2, 0) is 16.0 Å². The van der Waals surface area contributed by atoms with E-state index in [1.165, 1.54) is 11.5 Å². The molecule has 0 saturated carbocycles. The first-order chi connectivity index (χ1) is 17.6. The van der Waals surface area contributed by atoms with Gasteiger partial charge in [0.2, 0.25) is 11.0 Å². The van der Waals surface area contributed by atoms with Crippen LogP contribution >= 0.6 is 23.1 Å². The summed E-state index contributed by atoms with van der Waals surface area (Å²) in [5, 5.41) is 1.55. The fourth-order valence-corrected chi connectivity index (χ4v) is 5.20. The molecule has 0 spiro atoms. The van der Waals surface area contributed by atoms with Gasteiger partial charge in [-0.05, 0) is 29.8 Å². The van der Waals surface area contributed by atoms with Crippen LogP contribution in [0.5, 0.6) is 5.75 Å². The lowest BCUT2D eigenvalue weighted by molar-refractivity contribution is -0.131. The first kappa shape index (κ1) is 26.2. The van der Waals surface area contributed by atoms with Gasteiger partial charge >= 0.3 is 0 Å². The van der Waals surface area contributed by atoms with Crippen molar-refractivity contribution < 1.29 is 14.3 Å². The van der Waals surface area contributed by atoms with Gasteiger partial charge in [0, 0.05) is 70.8 Å². The van der Waals surface area contributed by atoms with Gasteiger partial charge in [0.05, 0.1) is 24.4 Å².